The second kappa shape index (κ2) is 9.35. The van der Waals surface area contributed by atoms with Crippen LogP contribution in [0.4, 0.5) is 14.9 Å². The Morgan fingerprint density at radius 1 is 1.19 bits per heavy atom. The minimum Gasteiger partial charge on any atom is -0.465 e. The molecule has 7 nitrogen and oxygen atoms in total. The van der Waals surface area contributed by atoms with E-state index in [1.165, 1.54) is 12.1 Å². The SMILES string of the molecule is C[C@@H]1C[C@H](NC(=O)O)C[C@H](c2ccncc2NC(=O)c2ccc(F)c3cc(I)cnc23)C1. The van der Waals surface area contributed by atoms with E-state index in [0.717, 1.165) is 22.0 Å². The van der Waals surface area contributed by atoms with Crippen LogP contribution in [0.15, 0.2) is 42.9 Å². The van der Waals surface area contributed by atoms with Gasteiger partial charge in [0, 0.05) is 27.4 Å². The van der Waals surface area contributed by atoms with Crippen molar-refractivity contribution in [2.75, 3.05) is 5.32 Å². The summed E-state index contributed by atoms with van der Waals surface area (Å²) in [6.07, 6.45) is 6.12. The fourth-order valence-corrected chi connectivity index (χ4v) is 5.00. The molecular formula is C23H22FIN4O3. The number of pyridine rings is 2. The number of amides is 2. The van der Waals surface area contributed by atoms with Crippen LogP contribution in [0.5, 0.6) is 0 Å². The Balaban J connectivity index is 1.63. The minimum absolute atomic E-state index is 0.0681. The van der Waals surface area contributed by atoms with Crippen LogP contribution in [-0.2, 0) is 0 Å². The molecular weight excluding hydrogens is 526 g/mol. The number of fused-ring (bicyclic) bond motifs is 1. The van der Waals surface area contributed by atoms with Gasteiger partial charge in [-0.1, -0.05) is 6.92 Å². The largest absolute Gasteiger partial charge is 0.465 e. The molecule has 1 fully saturated rings. The zero-order chi connectivity index (χ0) is 22.8. The lowest BCUT2D eigenvalue weighted by atomic mass is 9.76. The average Bonchev–Trinajstić information content (AvgIpc) is 2.73. The number of nitrogens with zero attached hydrogens (tertiary/aromatic N) is 2. The zero-order valence-corrected chi connectivity index (χ0v) is 19.5. The topological polar surface area (TPSA) is 104 Å². The van der Waals surface area contributed by atoms with E-state index in [0.29, 0.717) is 28.9 Å². The first-order valence-corrected chi connectivity index (χ1v) is 11.4. The summed E-state index contributed by atoms with van der Waals surface area (Å²) in [4.78, 5) is 32.7. The van der Waals surface area contributed by atoms with Crippen LogP contribution in [0.3, 0.4) is 0 Å². The normalized spacial score (nSPS) is 20.7. The number of hydrogen-bond acceptors (Lipinski definition) is 4. The van der Waals surface area contributed by atoms with Gasteiger partial charge < -0.3 is 15.7 Å². The van der Waals surface area contributed by atoms with Crippen molar-refractivity contribution in [2.24, 2.45) is 5.92 Å². The number of carboxylic acid groups (broad SMARTS) is 1. The molecule has 0 spiro atoms. The molecule has 9 heteroatoms. The molecule has 2 aromatic heterocycles. The first-order valence-electron chi connectivity index (χ1n) is 10.3. The summed E-state index contributed by atoms with van der Waals surface area (Å²) in [6, 6.07) is 6.07. The molecule has 3 N–H and O–H groups in total. The molecule has 2 heterocycles. The monoisotopic (exact) mass is 548 g/mol. The van der Waals surface area contributed by atoms with Crippen LogP contribution in [0.1, 0.15) is 48.0 Å². The van der Waals surface area contributed by atoms with Crippen LogP contribution >= 0.6 is 22.6 Å². The number of hydrogen-bond donors (Lipinski definition) is 3. The highest BCUT2D eigenvalue weighted by atomic mass is 127. The number of rotatable bonds is 4. The van der Waals surface area contributed by atoms with E-state index >= 15 is 0 Å². The Morgan fingerprint density at radius 2 is 2.00 bits per heavy atom. The maximum absolute atomic E-state index is 14.3. The number of nitrogens with one attached hydrogen (secondary N) is 2. The van der Waals surface area contributed by atoms with Gasteiger partial charge in [0.2, 0.25) is 0 Å². The fourth-order valence-electron chi connectivity index (χ4n) is 4.55. The number of halogens is 2. The maximum Gasteiger partial charge on any atom is 0.404 e. The molecule has 0 unspecified atom stereocenters. The van der Waals surface area contributed by atoms with Crippen molar-refractivity contribution in [3.8, 4) is 0 Å². The van der Waals surface area contributed by atoms with E-state index < -0.39 is 17.8 Å². The molecule has 32 heavy (non-hydrogen) atoms. The third kappa shape index (κ3) is 4.82. The lowest BCUT2D eigenvalue weighted by Gasteiger charge is -2.34. The number of carbonyl (C=O) groups is 2. The fraction of sp³-hybridized carbons (Fsp3) is 0.304. The molecule has 0 aliphatic heterocycles. The van der Waals surface area contributed by atoms with Gasteiger partial charge in [-0.2, -0.15) is 0 Å². The van der Waals surface area contributed by atoms with Crippen LogP contribution < -0.4 is 10.6 Å². The van der Waals surface area contributed by atoms with Crippen LogP contribution in [-0.4, -0.2) is 33.1 Å². The van der Waals surface area contributed by atoms with Crippen LogP contribution in [0, 0.1) is 15.3 Å². The Kier molecular flexibility index (Phi) is 6.54. The van der Waals surface area contributed by atoms with Crippen molar-refractivity contribution in [1.29, 1.82) is 0 Å². The average molecular weight is 548 g/mol. The summed E-state index contributed by atoms with van der Waals surface area (Å²) in [5.74, 6) is -0.437. The highest BCUT2D eigenvalue weighted by Gasteiger charge is 2.30. The van der Waals surface area contributed by atoms with Crippen molar-refractivity contribution < 1.29 is 19.1 Å². The predicted molar refractivity (Wildman–Crippen MR) is 127 cm³/mol. The van der Waals surface area contributed by atoms with Gasteiger partial charge in [-0.3, -0.25) is 14.8 Å². The second-order valence-electron chi connectivity index (χ2n) is 8.22. The number of benzene rings is 1. The standard InChI is InChI=1S/C23H22FIN4O3/c1-12-6-13(8-15(7-12)28-23(31)32)16-4-5-26-11-20(16)29-22(30)17-2-3-19(24)18-9-14(25)10-27-21(17)18/h2-5,9-13,15,28H,6-8H2,1H3,(H,29,30)(H,31,32)/t12-,13+,15-/m0/s1. The molecule has 0 bridgehead atoms. The van der Waals surface area contributed by atoms with Gasteiger partial charge in [0.05, 0.1) is 23.0 Å². The number of anilines is 1. The van der Waals surface area contributed by atoms with Gasteiger partial charge in [0.15, 0.2) is 0 Å². The van der Waals surface area contributed by atoms with Gasteiger partial charge in [-0.25, -0.2) is 9.18 Å². The van der Waals surface area contributed by atoms with E-state index in [1.54, 1.807) is 24.7 Å². The summed E-state index contributed by atoms with van der Waals surface area (Å²) in [7, 11) is 0. The van der Waals surface area contributed by atoms with Crippen LogP contribution in [0.2, 0.25) is 0 Å². The van der Waals surface area contributed by atoms with Crippen LogP contribution in [0.25, 0.3) is 10.9 Å². The Labute approximate surface area is 198 Å². The molecule has 166 valence electrons. The summed E-state index contributed by atoms with van der Waals surface area (Å²) in [6.45, 7) is 2.10. The van der Waals surface area contributed by atoms with E-state index in [9.17, 15) is 14.0 Å². The predicted octanol–water partition coefficient (Wildman–Crippen LogP) is 5.17. The summed E-state index contributed by atoms with van der Waals surface area (Å²) in [5.41, 5.74) is 2.04. The molecule has 0 saturated heterocycles. The van der Waals surface area contributed by atoms with E-state index in [1.807, 2.05) is 6.07 Å². The van der Waals surface area contributed by atoms with Gasteiger partial charge in [0.1, 0.15) is 5.82 Å². The highest BCUT2D eigenvalue weighted by molar-refractivity contribution is 14.1. The highest BCUT2D eigenvalue weighted by Crippen LogP contribution is 2.39. The zero-order valence-electron chi connectivity index (χ0n) is 17.3. The Morgan fingerprint density at radius 3 is 2.78 bits per heavy atom. The summed E-state index contributed by atoms with van der Waals surface area (Å²) < 4.78 is 15.0. The first-order chi connectivity index (χ1) is 15.3. The van der Waals surface area contributed by atoms with Crippen molar-refractivity contribution in [1.82, 2.24) is 15.3 Å². The smallest absolute Gasteiger partial charge is 0.404 e. The molecule has 4 rings (SSSR count). The molecule has 1 saturated carbocycles. The third-order valence-corrected chi connectivity index (χ3v) is 6.41. The first kappa shape index (κ1) is 22.4. The van der Waals surface area contributed by atoms with Gasteiger partial charge >= 0.3 is 6.09 Å². The van der Waals surface area contributed by atoms with Gasteiger partial charge in [0.25, 0.3) is 5.91 Å². The number of carbonyl (C=O) groups excluding carboxylic acids is 1. The lowest BCUT2D eigenvalue weighted by Crippen LogP contribution is -2.39. The van der Waals surface area contributed by atoms with Gasteiger partial charge in [-0.15, -0.1) is 0 Å². The Bertz CT molecular complexity index is 1190. The van der Waals surface area contributed by atoms with Crippen molar-refractivity contribution in [3.05, 3.63) is 63.4 Å². The van der Waals surface area contributed by atoms with Crippen molar-refractivity contribution in [3.63, 3.8) is 0 Å². The van der Waals surface area contributed by atoms with Gasteiger partial charge in [-0.05, 0) is 83.5 Å². The number of aromatic nitrogens is 2. The lowest BCUT2D eigenvalue weighted by molar-refractivity contribution is 0.102. The molecule has 0 radical (unpaired) electrons. The van der Waals surface area contributed by atoms with E-state index in [-0.39, 0.29) is 17.5 Å². The minimum atomic E-state index is -1.03. The van der Waals surface area contributed by atoms with Crippen molar-refractivity contribution in [2.45, 2.75) is 38.1 Å². The molecule has 3 aromatic rings. The molecule has 1 aliphatic rings. The molecule has 1 aliphatic carbocycles. The summed E-state index contributed by atoms with van der Waals surface area (Å²) >= 11 is 2.05. The molecule has 2 amide bonds. The summed E-state index contributed by atoms with van der Waals surface area (Å²) in [5, 5.41) is 14.9. The Hall–Kier alpha value is -2.82. The quantitative estimate of drug-likeness (QED) is 0.391. The second-order valence-corrected chi connectivity index (χ2v) is 9.46. The maximum atomic E-state index is 14.3. The van der Waals surface area contributed by atoms with Crippen molar-refractivity contribution >= 4 is 51.2 Å². The molecule has 1 aromatic carbocycles. The molecule has 3 atom stereocenters. The third-order valence-electron chi connectivity index (χ3n) is 5.82. The van der Waals surface area contributed by atoms with E-state index in [2.05, 4.69) is 50.1 Å². The van der Waals surface area contributed by atoms with E-state index in [4.69, 9.17) is 5.11 Å².